The molecule has 5 heterocycles. The first-order valence-corrected chi connectivity index (χ1v) is 10.7. The van der Waals surface area contributed by atoms with Crippen LogP contribution in [0, 0.1) is 0 Å². The van der Waals surface area contributed by atoms with Crippen molar-refractivity contribution in [3.63, 3.8) is 0 Å². The minimum atomic E-state index is -0.328. The van der Waals surface area contributed by atoms with Crippen LogP contribution in [-0.2, 0) is 6.42 Å². The lowest BCUT2D eigenvalue weighted by Crippen LogP contribution is -2.32. The van der Waals surface area contributed by atoms with Crippen molar-refractivity contribution in [1.29, 1.82) is 0 Å². The summed E-state index contributed by atoms with van der Waals surface area (Å²) in [6.07, 6.45) is 7.21. The Morgan fingerprint density at radius 1 is 1.03 bits per heavy atom. The highest BCUT2D eigenvalue weighted by Gasteiger charge is 2.27. The highest BCUT2D eigenvalue weighted by Crippen LogP contribution is 2.33. The van der Waals surface area contributed by atoms with E-state index in [-0.39, 0.29) is 11.8 Å². The monoisotopic (exact) mass is 454 g/mol. The van der Waals surface area contributed by atoms with Gasteiger partial charge >= 0.3 is 0 Å². The molecular formula is C24H22N8O2. The number of fused-ring (bicyclic) bond motifs is 3. The summed E-state index contributed by atoms with van der Waals surface area (Å²) in [5.74, 6) is 0.375. The SMILES string of the molecule is CN(C)c1ncccc1C(=O)Nc1ccc(C(=O)N2CCc3cn[nH]c3-c3ncccc32)cn1. The summed E-state index contributed by atoms with van der Waals surface area (Å²) in [5, 5.41) is 9.89. The third kappa shape index (κ3) is 3.85. The van der Waals surface area contributed by atoms with Gasteiger partial charge in [0.25, 0.3) is 11.8 Å². The number of pyridine rings is 3. The summed E-state index contributed by atoms with van der Waals surface area (Å²) in [4.78, 5) is 42.6. The molecule has 0 aromatic carbocycles. The number of aromatic nitrogens is 5. The molecule has 1 aliphatic rings. The van der Waals surface area contributed by atoms with Gasteiger partial charge in [0.15, 0.2) is 0 Å². The van der Waals surface area contributed by atoms with E-state index in [0.29, 0.717) is 47.1 Å². The molecule has 0 spiro atoms. The van der Waals surface area contributed by atoms with Gasteiger partial charge in [-0.2, -0.15) is 5.10 Å². The molecule has 2 N–H and O–H groups in total. The lowest BCUT2D eigenvalue weighted by atomic mass is 10.1. The van der Waals surface area contributed by atoms with Crippen LogP contribution in [-0.4, -0.2) is 57.6 Å². The maximum absolute atomic E-state index is 13.4. The van der Waals surface area contributed by atoms with E-state index in [9.17, 15) is 9.59 Å². The average Bonchev–Trinajstić information content (AvgIpc) is 3.27. The average molecular weight is 454 g/mol. The molecule has 5 rings (SSSR count). The fourth-order valence-electron chi connectivity index (χ4n) is 3.94. The van der Waals surface area contributed by atoms with Crippen molar-refractivity contribution in [2.45, 2.75) is 6.42 Å². The normalized spacial score (nSPS) is 12.4. The Bertz CT molecular complexity index is 1360. The molecule has 0 radical (unpaired) electrons. The summed E-state index contributed by atoms with van der Waals surface area (Å²) in [7, 11) is 3.64. The van der Waals surface area contributed by atoms with Crippen LogP contribution in [0.25, 0.3) is 11.4 Å². The van der Waals surface area contributed by atoms with E-state index in [2.05, 4.69) is 30.5 Å². The summed E-state index contributed by atoms with van der Waals surface area (Å²) in [6, 6.07) is 10.3. The van der Waals surface area contributed by atoms with E-state index in [1.54, 1.807) is 58.7 Å². The number of H-pyrrole nitrogens is 1. The number of nitrogens with zero attached hydrogens (tertiary/aromatic N) is 6. The standard InChI is InChI=1S/C24H22N8O2/c1-31(2)22-17(5-3-11-26-22)23(33)29-19-8-7-16(13-27-19)24(34)32-12-9-15-14-28-30-20(15)21-18(32)6-4-10-25-21/h3-8,10-11,13-14H,9,12H2,1-2H3,(H,28,30)(H,27,29,33). The van der Waals surface area contributed by atoms with Crippen LogP contribution in [0.1, 0.15) is 26.3 Å². The summed E-state index contributed by atoms with van der Waals surface area (Å²) < 4.78 is 0. The number of hydrogen-bond donors (Lipinski definition) is 2. The molecule has 170 valence electrons. The van der Waals surface area contributed by atoms with Crippen LogP contribution >= 0.6 is 0 Å². The number of nitrogens with one attached hydrogen (secondary N) is 2. The van der Waals surface area contributed by atoms with E-state index in [0.717, 1.165) is 11.3 Å². The van der Waals surface area contributed by atoms with Crippen molar-refractivity contribution in [3.05, 3.63) is 77.9 Å². The van der Waals surface area contributed by atoms with Crippen molar-refractivity contribution in [1.82, 2.24) is 25.1 Å². The number of amides is 2. The first-order valence-electron chi connectivity index (χ1n) is 10.7. The maximum Gasteiger partial charge on any atom is 0.260 e. The van der Waals surface area contributed by atoms with E-state index < -0.39 is 0 Å². The Labute approximate surface area is 195 Å². The van der Waals surface area contributed by atoms with Crippen molar-refractivity contribution in [3.8, 4) is 11.4 Å². The number of carbonyl (C=O) groups excluding carboxylic acids is 2. The fourth-order valence-corrected chi connectivity index (χ4v) is 3.94. The Morgan fingerprint density at radius 3 is 2.65 bits per heavy atom. The van der Waals surface area contributed by atoms with Gasteiger partial charge in [0.05, 0.1) is 28.7 Å². The van der Waals surface area contributed by atoms with Gasteiger partial charge < -0.3 is 15.1 Å². The smallest absolute Gasteiger partial charge is 0.260 e. The molecule has 34 heavy (non-hydrogen) atoms. The van der Waals surface area contributed by atoms with Gasteiger partial charge in [0.1, 0.15) is 17.3 Å². The molecule has 0 atom stereocenters. The second kappa shape index (κ2) is 8.74. The Hall–Kier alpha value is -4.60. The van der Waals surface area contributed by atoms with Gasteiger partial charge in [-0.3, -0.25) is 19.7 Å². The number of aromatic amines is 1. The van der Waals surface area contributed by atoms with E-state index in [1.807, 2.05) is 20.2 Å². The summed E-state index contributed by atoms with van der Waals surface area (Å²) >= 11 is 0. The third-order valence-electron chi connectivity index (χ3n) is 5.59. The van der Waals surface area contributed by atoms with Crippen LogP contribution < -0.4 is 15.1 Å². The predicted molar refractivity (Wildman–Crippen MR) is 128 cm³/mol. The highest BCUT2D eigenvalue weighted by atomic mass is 16.2. The Kier molecular flexibility index (Phi) is 5.46. The van der Waals surface area contributed by atoms with E-state index in [1.165, 1.54) is 6.20 Å². The zero-order chi connectivity index (χ0) is 23.7. The van der Waals surface area contributed by atoms with Gasteiger partial charge in [0.2, 0.25) is 0 Å². The van der Waals surface area contributed by atoms with Crippen LogP contribution in [0.2, 0.25) is 0 Å². The van der Waals surface area contributed by atoms with Crippen molar-refractivity contribution < 1.29 is 9.59 Å². The third-order valence-corrected chi connectivity index (χ3v) is 5.59. The molecule has 0 saturated carbocycles. The van der Waals surface area contributed by atoms with E-state index in [4.69, 9.17) is 0 Å². The van der Waals surface area contributed by atoms with Gasteiger partial charge in [-0.25, -0.2) is 9.97 Å². The topological polar surface area (TPSA) is 120 Å². The zero-order valence-electron chi connectivity index (χ0n) is 18.7. The summed E-state index contributed by atoms with van der Waals surface area (Å²) in [5.41, 5.74) is 4.08. The second-order valence-electron chi connectivity index (χ2n) is 8.00. The molecule has 10 nitrogen and oxygen atoms in total. The minimum Gasteiger partial charge on any atom is -0.362 e. The fraction of sp³-hybridized carbons (Fsp3) is 0.167. The molecule has 4 aromatic heterocycles. The molecule has 2 amide bonds. The van der Waals surface area contributed by atoms with Gasteiger partial charge in [-0.1, -0.05) is 0 Å². The number of rotatable bonds is 4. The lowest BCUT2D eigenvalue weighted by Gasteiger charge is -2.22. The molecule has 1 aliphatic heterocycles. The van der Waals surface area contributed by atoms with Crippen molar-refractivity contribution in [2.75, 3.05) is 35.8 Å². The predicted octanol–water partition coefficient (Wildman–Crippen LogP) is 2.78. The minimum absolute atomic E-state index is 0.195. The molecular weight excluding hydrogens is 432 g/mol. The number of anilines is 3. The molecule has 0 unspecified atom stereocenters. The second-order valence-corrected chi connectivity index (χ2v) is 8.00. The maximum atomic E-state index is 13.4. The molecule has 0 fully saturated rings. The van der Waals surface area contributed by atoms with Crippen molar-refractivity contribution >= 4 is 29.1 Å². The van der Waals surface area contributed by atoms with Crippen LogP contribution in [0.15, 0.2) is 61.2 Å². The lowest BCUT2D eigenvalue weighted by molar-refractivity contribution is 0.0986. The van der Waals surface area contributed by atoms with Crippen LogP contribution in [0.5, 0.6) is 0 Å². The molecule has 0 bridgehead atoms. The Balaban J connectivity index is 1.37. The number of hydrogen-bond acceptors (Lipinski definition) is 7. The quantitative estimate of drug-likeness (QED) is 0.486. The zero-order valence-corrected chi connectivity index (χ0v) is 18.7. The van der Waals surface area contributed by atoms with Gasteiger partial charge in [-0.15, -0.1) is 0 Å². The summed E-state index contributed by atoms with van der Waals surface area (Å²) in [6.45, 7) is 0.483. The van der Waals surface area contributed by atoms with Crippen LogP contribution in [0.3, 0.4) is 0 Å². The molecule has 0 saturated heterocycles. The molecule has 10 heteroatoms. The molecule has 4 aromatic rings. The number of carbonyl (C=O) groups is 2. The van der Waals surface area contributed by atoms with Crippen LogP contribution in [0.4, 0.5) is 17.3 Å². The largest absolute Gasteiger partial charge is 0.362 e. The van der Waals surface area contributed by atoms with Gasteiger partial charge in [0, 0.05) is 44.8 Å². The first kappa shape index (κ1) is 21.3. The van der Waals surface area contributed by atoms with E-state index >= 15 is 0 Å². The highest BCUT2D eigenvalue weighted by molar-refractivity contribution is 6.09. The van der Waals surface area contributed by atoms with Crippen molar-refractivity contribution in [2.24, 2.45) is 0 Å². The Morgan fingerprint density at radius 2 is 1.85 bits per heavy atom. The van der Waals surface area contributed by atoms with Gasteiger partial charge in [-0.05, 0) is 42.8 Å². The first-order chi connectivity index (χ1) is 16.5. The molecule has 0 aliphatic carbocycles.